The summed E-state index contributed by atoms with van der Waals surface area (Å²) in [5.41, 5.74) is 0.512. The van der Waals surface area contributed by atoms with Crippen LogP contribution in [0.5, 0.6) is 0 Å². The molecular weight excluding hydrogens is 244 g/mol. The first-order valence-corrected chi connectivity index (χ1v) is 5.83. The molecule has 0 N–H and O–H groups in total. The third-order valence-electron chi connectivity index (χ3n) is 2.27. The van der Waals surface area contributed by atoms with Gasteiger partial charge in [0.2, 0.25) is 0 Å². The van der Waals surface area contributed by atoms with Gasteiger partial charge in [-0.3, -0.25) is 4.79 Å². The minimum absolute atomic E-state index is 0.102. The highest BCUT2D eigenvalue weighted by Gasteiger charge is 2.13. The molecular formula is C12H9F2NOS. The van der Waals surface area contributed by atoms with Crippen molar-refractivity contribution in [2.75, 3.05) is 0 Å². The van der Waals surface area contributed by atoms with Gasteiger partial charge in [-0.1, -0.05) is 6.07 Å². The topological polar surface area (TPSA) is 30.0 Å². The third kappa shape index (κ3) is 2.74. The van der Waals surface area contributed by atoms with Gasteiger partial charge in [-0.25, -0.2) is 13.8 Å². The number of hydrogen-bond donors (Lipinski definition) is 0. The van der Waals surface area contributed by atoms with Crippen LogP contribution in [-0.4, -0.2) is 10.8 Å². The van der Waals surface area contributed by atoms with E-state index in [1.165, 1.54) is 17.4 Å². The van der Waals surface area contributed by atoms with Gasteiger partial charge in [-0.2, -0.15) is 0 Å². The van der Waals surface area contributed by atoms with Crippen LogP contribution in [0.3, 0.4) is 0 Å². The molecule has 17 heavy (non-hydrogen) atoms. The zero-order valence-corrected chi connectivity index (χ0v) is 9.85. The molecule has 1 aromatic heterocycles. The number of aryl methyl sites for hydroxylation is 1. The molecule has 0 aliphatic heterocycles. The molecule has 0 bridgehead atoms. The molecule has 1 heterocycles. The fraction of sp³-hybridized carbons (Fsp3) is 0.167. The lowest BCUT2D eigenvalue weighted by Crippen LogP contribution is -2.06. The lowest BCUT2D eigenvalue weighted by atomic mass is 10.1. The first-order chi connectivity index (χ1) is 8.06. The second kappa shape index (κ2) is 4.71. The van der Waals surface area contributed by atoms with Crippen molar-refractivity contribution in [1.29, 1.82) is 0 Å². The van der Waals surface area contributed by atoms with E-state index in [0.29, 0.717) is 5.69 Å². The van der Waals surface area contributed by atoms with E-state index in [1.54, 1.807) is 12.3 Å². The minimum Gasteiger partial charge on any atom is -0.292 e. The lowest BCUT2D eigenvalue weighted by Gasteiger charge is -2.01. The molecule has 0 amide bonds. The van der Waals surface area contributed by atoms with Gasteiger partial charge in [0.15, 0.2) is 5.78 Å². The molecule has 0 unspecified atom stereocenters. The van der Waals surface area contributed by atoms with Crippen LogP contribution in [0.25, 0.3) is 0 Å². The SMILES string of the molecule is Cc1nc(C(=O)Cc2ccc(F)cc2F)cs1. The Morgan fingerprint density at radius 3 is 2.76 bits per heavy atom. The van der Waals surface area contributed by atoms with Gasteiger partial charge in [0, 0.05) is 17.9 Å². The van der Waals surface area contributed by atoms with Crippen LogP contribution in [-0.2, 0) is 6.42 Å². The summed E-state index contributed by atoms with van der Waals surface area (Å²) in [5, 5.41) is 2.42. The standard InChI is InChI=1S/C12H9F2NOS/c1-7-15-11(6-17-7)12(16)4-8-2-3-9(13)5-10(8)14/h2-3,5-6H,4H2,1H3. The number of carbonyl (C=O) groups is 1. The largest absolute Gasteiger partial charge is 0.292 e. The molecule has 2 nitrogen and oxygen atoms in total. The molecule has 0 saturated heterocycles. The summed E-state index contributed by atoms with van der Waals surface area (Å²) in [4.78, 5) is 15.8. The zero-order valence-electron chi connectivity index (χ0n) is 9.04. The Labute approximate surface area is 101 Å². The second-order valence-electron chi connectivity index (χ2n) is 3.59. The molecule has 0 aliphatic rings. The summed E-state index contributed by atoms with van der Waals surface area (Å²) in [5.74, 6) is -1.62. The van der Waals surface area contributed by atoms with Crippen molar-refractivity contribution in [3.8, 4) is 0 Å². The Balaban J connectivity index is 2.18. The van der Waals surface area contributed by atoms with Gasteiger partial charge in [-0.15, -0.1) is 11.3 Å². The summed E-state index contributed by atoms with van der Waals surface area (Å²) in [6.45, 7) is 1.79. The molecule has 88 valence electrons. The fourth-order valence-corrected chi connectivity index (χ4v) is 2.04. The highest BCUT2D eigenvalue weighted by Crippen LogP contribution is 2.14. The minimum atomic E-state index is -0.703. The summed E-state index contributed by atoms with van der Waals surface area (Å²) in [6, 6.07) is 3.19. The summed E-state index contributed by atoms with van der Waals surface area (Å²) in [7, 11) is 0. The smallest absolute Gasteiger partial charge is 0.186 e. The molecule has 2 rings (SSSR count). The van der Waals surface area contributed by atoms with E-state index in [0.717, 1.165) is 17.1 Å². The maximum absolute atomic E-state index is 13.3. The van der Waals surface area contributed by atoms with E-state index in [-0.39, 0.29) is 17.8 Å². The molecule has 1 aromatic carbocycles. The van der Waals surface area contributed by atoms with Gasteiger partial charge in [0.1, 0.15) is 17.3 Å². The average Bonchev–Trinajstić information content (AvgIpc) is 2.69. The van der Waals surface area contributed by atoms with Crippen LogP contribution in [0.4, 0.5) is 8.78 Å². The number of ketones is 1. The lowest BCUT2D eigenvalue weighted by molar-refractivity contribution is 0.0987. The van der Waals surface area contributed by atoms with Crippen molar-refractivity contribution in [2.24, 2.45) is 0 Å². The highest BCUT2D eigenvalue weighted by atomic mass is 32.1. The fourth-order valence-electron chi connectivity index (χ4n) is 1.42. The number of carbonyl (C=O) groups excluding carboxylic acids is 1. The van der Waals surface area contributed by atoms with E-state index in [9.17, 15) is 13.6 Å². The van der Waals surface area contributed by atoms with Crippen LogP contribution in [0.15, 0.2) is 23.6 Å². The monoisotopic (exact) mass is 253 g/mol. The molecule has 2 aromatic rings. The second-order valence-corrected chi connectivity index (χ2v) is 4.65. The molecule has 0 fully saturated rings. The quantitative estimate of drug-likeness (QED) is 0.786. The van der Waals surface area contributed by atoms with Crippen molar-refractivity contribution in [3.05, 3.63) is 51.5 Å². The van der Waals surface area contributed by atoms with Crippen molar-refractivity contribution in [3.63, 3.8) is 0 Å². The van der Waals surface area contributed by atoms with E-state index in [1.807, 2.05) is 0 Å². The Bertz CT molecular complexity index is 565. The Hall–Kier alpha value is -1.62. The summed E-state index contributed by atoms with van der Waals surface area (Å²) in [6.07, 6.45) is -0.102. The molecule has 0 radical (unpaired) electrons. The van der Waals surface area contributed by atoms with Crippen molar-refractivity contribution in [2.45, 2.75) is 13.3 Å². The third-order valence-corrected chi connectivity index (χ3v) is 3.04. The summed E-state index contributed by atoms with van der Waals surface area (Å²) < 4.78 is 26.0. The van der Waals surface area contributed by atoms with Gasteiger partial charge in [-0.05, 0) is 18.6 Å². The number of aromatic nitrogens is 1. The van der Waals surface area contributed by atoms with Gasteiger partial charge in [0.05, 0.1) is 5.01 Å². The number of Topliss-reactive ketones (excluding diaryl/α,β-unsaturated/α-hetero) is 1. The molecule has 5 heteroatoms. The van der Waals surface area contributed by atoms with Crippen LogP contribution >= 0.6 is 11.3 Å². The highest BCUT2D eigenvalue weighted by molar-refractivity contribution is 7.09. The number of halogens is 2. The molecule has 0 aliphatic carbocycles. The predicted octanol–water partition coefficient (Wildman–Crippen LogP) is 3.16. The predicted molar refractivity (Wildman–Crippen MR) is 61.2 cm³/mol. The van der Waals surface area contributed by atoms with E-state index in [2.05, 4.69) is 4.98 Å². The molecule has 0 spiro atoms. The normalized spacial score (nSPS) is 10.5. The van der Waals surface area contributed by atoms with Crippen LogP contribution < -0.4 is 0 Å². The van der Waals surface area contributed by atoms with E-state index in [4.69, 9.17) is 0 Å². The maximum atomic E-state index is 13.3. The number of rotatable bonds is 3. The molecule has 0 atom stereocenters. The number of nitrogens with zero attached hydrogens (tertiary/aromatic N) is 1. The Morgan fingerprint density at radius 1 is 1.41 bits per heavy atom. The zero-order chi connectivity index (χ0) is 12.4. The molecule has 0 saturated carbocycles. The van der Waals surface area contributed by atoms with Crippen LogP contribution in [0, 0.1) is 18.6 Å². The van der Waals surface area contributed by atoms with Gasteiger partial charge in [0.25, 0.3) is 0 Å². The first kappa shape index (κ1) is 11.9. The van der Waals surface area contributed by atoms with Crippen molar-refractivity contribution in [1.82, 2.24) is 4.98 Å². The number of thiazole rings is 1. The maximum Gasteiger partial charge on any atom is 0.186 e. The summed E-state index contributed by atoms with van der Waals surface area (Å²) >= 11 is 1.36. The van der Waals surface area contributed by atoms with E-state index >= 15 is 0 Å². The van der Waals surface area contributed by atoms with Gasteiger partial charge >= 0.3 is 0 Å². The first-order valence-electron chi connectivity index (χ1n) is 4.95. The average molecular weight is 253 g/mol. The van der Waals surface area contributed by atoms with Crippen molar-refractivity contribution >= 4 is 17.1 Å². The van der Waals surface area contributed by atoms with Crippen molar-refractivity contribution < 1.29 is 13.6 Å². The number of benzene rings is 1. The van der Waals surface area contributed by atoms with Crippen LogP contribution in [0.2, 0.25) is 0 Å². The number of hydrogen-bond acceptors (Lipinski definition) is 3. The Kier molecular flexibility index (Phi) is 3.28. The van der Waals surface area contributed by atoms with Crippen LogP contribution in [0.1, 0.15) is 21.1 Å². The Morgan fingerprint density at radius 2 is 2.18 bits per heavy atom. The van der Waals surface area contributed by atoms with E-state index < -0.39 is 11.6 Å². The van der Waals surface area contributed by atoms with Gasteiger partial charge < -0.3 is 0 Å².